The number of hydrogen-bond donors (Lipinski definition) is 0. The van der Waals surface area contributed by atoms with Gasteiger partial charge in [0.1, 0.15) is 5.67 Å². The van der Waals surface area contributed by atoms with Gasteiger partial charge in [-0.1, -0.05) is 6.08 Å². The van der Waals surface area contributed by atoms with Crippen LogP contribution >= 0.6 is 0 Å². The van der Waals surface area contributed by atoms with E-state index in [2.05, 4.69) is 0 Å². The molecule has 1 saturated heterocycles. The lowest BCUT2D eigenvalue weighted by Crippen LogP contribution is -2.58. The van der Waals surface area contributed by atoms with Gasteiger partial charge in [0.2, 0.25) is 5.91 Å². The van der Waals surface area contributed by atoms with Crippen LogP contribution in [0.4, 0.5) is 4.39 Å². The SMILES string of the molecule is C/C=C\C(=O)N1CC(C)(F)C1. The second-order valence-corrected chi connectivity index (χ2v) is 3.11. The van der Waals surface area contributed by atoms with E-state index in [1.54, 1.807) is 13.0 Å². The van der Waals surface area contributed by atoms with E-state index in [0.717, 1.165) is 0 Å². The van der Waals surface area contributed by atoms with E-state index < -0.39 is 5.67 Å². The average Bonchev–Trinajstić information content (AvgIpc) is 1.83. The van der Waals surface area contributed by atoms with Gasteiger partial charge in [0, 0.05) is 0 Å². The molecule has 0 N–H and O–H groups in total. The lowest BCUT2D eigenvalue weighted by atomic mass is 9.99. The molecule has 1 heterocycles. The number of carbonyl (C=O) groups is 1. The van der Waals surface area contributed by atoms with E-state index >= 15 is 0 Å². The Kier molecular flexibility index (Phi) is 1.98. The molecule has 1 fully saturated rings. The van der Waals surface area contributed by atoms with E-state index in [9.17, 15) is 9.18 Å². The van der Waals surface area contributed by atoms with Gasteiger partial charge in [-0.25, -0.2) is 4.39 Å². The van der Waals surface area contributed by atoms with Crippen LogP contribution in [0.3, 0.4) is 0 Å². The van der Waals surface area contributed by atoms with Crippen LogP contribution in [0.25, 0.3) is 0 Å². The summed E-state index contributed by atoms with van der Waals surface area (Å²) in [7, 11) is 0. The van der Waals surface area contributed by atoms with Gasteiger partial charge in [-0.3, -0.25) is 4.79 Å². The van der Waals surface area contributed by atoms with Gasteiger partial charge in [-0.05, 0) is 19.9 Å². The second kappa shape index (κ2) is 2.64. The van der Waals surface area contributed by atoms with E-state index in [1.165, 1.54) is 17.9 Å². The average molecular weight is 157 g/mol. The van der Waals surface area contributed by atoms with Crippen LogP contribution in [-0.4, -0.2) is 29.6 Å². The van der Waals surface area contributed by atoms with Gasteiger partial charge in [-0.15, -0.1) is 0 Å². The van der Waals surface area contributed by atoms with Crippen molar-refractivity contribution in [2.24, 2.45) is 0 Å². The second-order valence-electron chi connectivity index (χ2n) is 3.11. The Labute approximate surface area is 65.7 Å². The van der Waals surface area contributed by atoms with Gasteiger partial charge in [0.25, 0.3) is 0 Å². The molecule has 62 valence electrons. The van der Waals surface area contributed by atoms with Gasteiger partial charge >= 0.3 is 0 Å². The van der Waals surface area contributed by atoms with Gasteiger partial charge in [-0.2, -0.15) is 0 Å². The number of hydrogen-bond acceptors (Lipinski definition) is 1. The highest BCUT2D eigenvalue weighted by Gasteiger charge is 2.40. The molecule has 0 radical (unpaired) electrons. The molecule has 0 unspecified atom stereocenters. The monoisotopic (exact) mass is 157 g/mol. The minimum atomic E-state index is -1.16. The van der Waals surface area contributed by atoms with Crippen LogP contribution < -0.4 is 0 Å². The zero-order valence-electron chi connectivity index (χ0n) is 6.80. The Bertz CT molecular complexity index is 190. The van der Waals surface area contributed by atoms with Crippen molar-refractivity contribution in [3.05, 3.63) is 12.2 Å². The Hall–Kier alpha value is -0.860. The fraction of sp³-hybridized carbons (Fsp3) is 0.625. The van der Waals surface area contributed by atoms with Crippen LogP contribution in [0, 0.1) is 0 Å². The molecule has 0 aromatic carbocycles. The van der Waals surface area contributed by atoms with Crippen LogP contribution in [0.2, 0.25) is 0 Å². The quantitative estimate of drug-likeness (QED) is 0.522. The molecular formula is C8H12FNO. The van der Waals surface area contributed by atoms with Crippen LogP contribution in [0.15, 0.2) is 12.2 Å². The number of rotatable bonds is 1. The number of likely N-dealkylation sites (tertiary alicyclic amines) is 1. The molecule has 0 aliphatic carbocycles. The summed E-state index contributed by atoms with van der Waals surface area (Å²) in [5, 5.41) is 0. The van der Waals surface area contributed by atoms with Gasteiger partial charge in [0.05, 0.1) is 13.1 Å². The normalized spacial score (nSPS) is 21.9. The topological polar surface area (TPSA) is 20.3 Å². The summed E-state index contributed by atoms with van der Waals surface area (Å²) in [6.07, 6.45) is 3.12. The predicted octanol–water partition coefficient (Wildman–Crippen LogP) is 1.13. The smallest absolute Gasteiger partial charge is 0.246 e. The first-order valence-corrected chi connectivity index (χ1v) is 3.66. The number of carbonyl (C=O) groups excluding carboxylic acids is 1. The summed E-state index contributed by atoms with van der Waals surface area (Å²) in [6.45, 7) is 3.74. The number of amides is 1. The Balaban J connectivity index is 2.38. The summed E-state index contributed by atoms with van der Waals surface area (Å²) < 4.78 is 12.8. The van der Waals surface area contributed by atoms with Gasteiger partial charge in [0.15, 0.2) is 0 Å². The predicted molar refractivity (Wildman–Crippen MR) is 40.9 cm³/mol. The lowest BCUT2D eigenvalue weighted by molar-refractivity contribution is -0.138. The minimum Gasteiger partial charge on any atom is -0.333 e. The zero-order chi connectivity index (χ0) is 8.48. The highest BCUT2D eigenvalue weighted by Crippen LogP contribution is 2.24. The van der Waals surface area contributed by atoms with E-state index in [0.29, 0.717) is 0 Å². The summed E-state index contributed by atoms with van der Waals surface area (Å²) >= 11 is 0. The molecule has 0 spiro atoms. The summed E-state index contributed by atoms with van der Waals surface area (Å²) in [5.41, 5.74) is -1.16. The molecule has 1 aliphatic rings. The van der Waals surface area contributed by atoms with Gasteiger partial charge < -0.3 is 4.90 Å². The maximum absolute atomic E-state index is 12.8. The molecule has 2 nitrogen and oxygen atoms in total. The zero-order valence-corrected chi connectivity index (χ0v) is 6.80. The Morgan fingerprint density at radius 2 is 2.18 bits per heavy atom. The van der Waals surface area contributed by atoms with E-state index in [4.69, 9.17) is 0 Å². The first-order valence-electron chi connectivity index (χ1n) is 3.66. The van der Waals surface area contributed by atoms with Crippen molar-refractivity contribution >= 4 is 5.91 Å². The Morgan fingerprint density at radius 3 is 2.55 bits per heavy atom. The van der Waals surface area contributed by atoms with Crippen molar-refractivity contribution in [1.29, 1.82) is 0 Å². The molecule has 0 bridgehead atoms. The number of allylic oxidation sites excluding steroid dienone is 1. The molecule has 11 heavy (non-hydrogen) atoms. The molecular weight excluding hydrogens is 145 g/mol. The largest absolute Gasteiger partial charge is 0.333 e. The van der Waals surface area contributed by atoms with Crippen molar-refractivity contribution in [2.45, 2.75) is 19.5 Å². The minimum absolute atomic E-state index is 0.0948. The summed E-state index contributed by atoms with van der Waals surface area (Å²) in [4.78, 5) is 12.5. The third-order valence-corrected chi connectivity index (χ3v) is 1.66. The first kappa shape index (κ1) is 8.24. The fourth-order valence-corrected chi connectivity index (χ4v) is 1.15. The summed E-state index contributed by atoms with van der Waals surface area (Å²) in [6, 6.07) is 0. The van der Waals surface area contributed by atoms with Crippen molar-refractivity contribution in [1.82, 2.24) is 4.90 Å². The Morgan fingerprint density at radius 1 is 1.64 bits per heavy atom. The number of halogens is 1. The molecule has 1 aliphatic heterocycles. The van der Waals surface area contributed by atoms with E-state index in [1.807, 2.05) is 0 Å². The standard InChI is InChI=1S/C8H12FNO/c1-3-4-7(11)10-5-8(2,9)6-10/h3-4H,5-6H2,1-2H3/b4-3-. The number of alkyl halides is 1. The van der Waals surface area contributed by atoms with Crippen LogP contribution in [0.1, 0.15) is 13.8 Å². The highest BCUT2D eigenvalue weighted by atomic mass is 19.1. The van der Waals surface area contributed by atoms with Crippen molar-refractivity contribution < 1.29 is 9.18 Å². The van der Waals surface area contributed by atoms with E-state index in [-0.39, 0.29) is 19.0 Å². The molecule has 0 aromatic rings. The van der Waals surface area contributed by atoms with Crippen molar-refractivity contribution in [3.8, 4) is 0 Å². The first-order chi connectivity index (χ1) is 5.05. The molecule has 0 saturated carbocycles. The fourth-order valence-electron chi connectivity index (χ4n) is 1.15. The molecule has 0 atom stereocenters. The van der Waals surface area contributed by atoms with Crippen LogP contribution in [0.5, 0.6) is 0 Å². The maximum Gasteiger partial charge on any atom is 0.246 e. The van der Waals surface area contributed by atoms with Crippen molar-refractivity contribution in [2.75, 3.05) is 13.1 Å². The lowest BCUT2D eigenvalue weighted by Gasteiger charge is -2.41. The third kappa shape index (κ3) is 1.79. The van der Waals surface area contributed by atoms with Crippen LogP contribution in [-0.2, 0) is 4.79 Å². The maximum atomic E-state index is 12.8. The summed E-state index contributed by atoms with van der Waals surface area (Å²) in [5.74, 6) is -0.0948. The molecule has 1 rings (SSSR count). The third-order valence-electron chi connectivity index (χ3n) is 1.66. The molecule has 3 heteroatoms. The highest BCUT2D eigenvalue weighted by molar-refractivity contribution is 5.88. The molecule has 1 amide bonds. The van der Waals surface area contributed by atoms with Crippen molar-refractivity contribution in [3.63, 3.8) is 0 Å². The molecule has 0 aromatic heterocycles. The number of nitrogens with zero attached hydrogens (tertiary/aromatic N) is 1.